The van der Waals surface area contributed by atoms with E-state index in [0.717, 1.165) is 6.42 Å². The predicted molar refractivity (Wildman–Crippen MR) is 63.7 cm³/mol. The Morgan fingerprint density at radius 3 is 2.75 bits per heavy atom. The lowest BCUT2D eigenvalue weighted by Gasteiger charge is -2.17. The topological polar surface area (TPSA) is 72.9 Å². The molecule has 0 bridgehead atoms. The highest BCUT2D eigenvalue weighted by Crippen LogP contribution is 2.16. The number of amides is 1. The van der Waals surface area contributed by atoms with E-state index in [1.807, 2.05) is 0 Å². The quantitative estimate of drug-likeness (QED) is 0.802. The van der Waals surface area contributed by atoms with Crippen molar-refractivity contribution < 1.29 is 4.79 Å². The molecule has 0 unspecified atom stereocenters. The van der Waals surface area contributed by atoms with Gasteiger partial charge in [-0.1, -0.05) is 20.8 Å². The van der Waals surface area contributed by atoms with Crippen molar-refractivity contribution in [1.82, 2.24) is 15.1 Å². The van der Waals surface area contributed by atoms with Gasteiger partial charge in [-0.05, 0) is 11.8 Å². The van der Waals surface area contributed by atoms with Gasteiger partial charge in [-0.25, -0.2) is 0 Å². The van der Waals surface area contributed by atoms with Crippen molar-refractivity contribution in [3.05, 3.63) is 12.4 Å². The number of nitrogens with two attached hydrogens (primary N) is 1. The summed E-state index contributed by atoms with van der Waals surface area (Å²) in [7, 11) is 0. The third-order valence-corrected chi connectivity index (χ3v) is 2.16. The van der Waals surface area contributed by atoms with Gasteiger partial charge < -0.3 is 11.1 Å². The minimum atomic E-state index is -0.0349. The number of nitrogens with one attached hydrogen (secondary N) is 1. The van der Waals surface area contributed by atoms with Crippen molar-refractivity contribution >= 4 is 11.6 Å². The van der Waals surface area contributed by atoms with Crippen LogP contribution in [-0.2, 0) is 11.3 Å². The van der Waals surface area contributed by atoms with Crippen LogP contribution in [0.5, 0.6) is 0 Å². The molecule has 0 spiro atoms. The van der Waals surface area contributed by atoms with Crippen LogP contribution in [0.25, 0.3) is 0 Å². The van der Waals surface area contributed by atoms with E-state index in [1.54, 1.807) is 6.20 Å². The predicted octanol–water partition coefficient (Wildman–Crippen LogP) is 1.02. The second kappa shape index (κ2) is 5.01. The maximum atomic E-state index is 11.5. The summed E-state index contributed by atoms with van der Waals surface area (Å²) in [5.41, 5.74) is 6.31. The number of nitrogen functional groups attached to an aromatic ring is 1. The normalized spacial score (nSPS) is 11.4. The van der Waals surface area contributed by atoms with Crippen molar-refractivity contribution in [2.24, 2.45) is 5.41 Å². The van der Waals surface area contributed by atoms with Crippen LogP contribution < -0.4 is 11.1 Å². The highest BCUT2D eigenvalue weighted by Gasteiger charge is 2.10. The van der Waals surface area contributed by atoms with Crippen LogP contribution in [0.2, 0.25) is 0 Å². The Morgan fingerprint density at radius 1 is 1.56 bits per heavy atom. The van der Waals surface area contributed by atoms with E-state index in [2.05, 4.69) is 31.2 Å². The number of anilines is 1. The molecule has 0 aliphatic heterocycles. The lowest BCUT2D eigenvalue weighted by Crippen LogP contribution is -2.30. The van der Waals surface area contributed by atoms with Crippen molar-refractivity contribution in [1.29, 1.82) is 0 Å². The summed E-state index contributed by atoms with van der Waals surface area (Å²) >= 11 is 0. The largest absolute Gasteiger partial charge is 0.396 e. The molecule has 5 nitrogen and oxygen atoms in total. The summed E-state index contributed by atoms with van der Waals surface area (Å²) in [5.74, 6) is -0.0349. The first-order chi connectivity index (χ1) is 7.37. The van der Waals surface area contributed by atoms with Gasteiger partial charge in [0.05, 0.1) is 11.9 Å². The van der Waals surface area contributed by atoms with Crippen LogP contribution in [0, 0.1) is 5.41 Å². The number of aromatic nitrogens is 2. The van der Waals surface area contributed by atoms with Crippen molar-refractivity contribution in [3.63, 3.8) is 0 Å². The van der Waals surface area contributed by atoms with Gasteiger partial charge in [0.25, 0.3) is 0 Å². The summed E-state index contributed by atoms with van der Waals surface area (Å²) in [4.78, 5) is 11.5. The molecule has 0 atom stereocenters. The molecule has 0 radical (unpaired) electrons. The van der Waals surface area contributed by atoms with Crippen LogP contribution in [-0.4, -0.2) is 22.2 Å². The number of nitrogens with zero attached hydrogens (tertiary/aromatic N) is 2. The summed E-state index contributed by atoms with van der Waals surface area (Å²) < 4.78 is 1.53. The van der Waals surface area contributed by atoms with E-state index in [0.29, 0.717) is 12.2 Å². The summed E-state index contributed by atoms with van der Waals surface area (Å²) in [6, 6.07) is 0. The molecule has 0 saturated carbocycles. The summed E-state index contributed by atoms with van der Waals surface area (Å²) in [6.45, 7) is 7.36. The minimum Gasteiger partial charge on any atom is -0.396 e. The Balaban J connectivity index is 2.26. The molecule has 0 fully saturated rings. The number of rotatable bonds is 4. The number of carbonyl (C=O) groups is 1. The van der Waals surface area contributed by atoms with E-state index in [1.165, 1.54) is 10.9 Å². The molecule has 0 aromatic carbocycles. The van der Waals surface area contributed by atoms with Gasteiger partial charge in [-0.2, -0.15) is 5.10 Å². The number of hydrogen-bond donors (Lipinski definition) is 2. The molecule has 16 heavy (non-hydrogen) atoms. The van der Waals surface area contributed by atoms with Crippen LogP contribution in [0.15, 0.2) is 12.4 Å². The van der Waals surface area contributed by atoms with Crippen molar-refractivity contribution in [2.45, 2.75) is 33.7 Å². The third-order valence-electron chi connectivity index (χ3n) is 2.16. The first-order valence-electron chi connectivity index (χ1n) is 5.41. The molecular formula is C11H20N4O. The molecule has 0 aliphatic carbocycles. The Bertz CT molecular complexity index is 351. The molecule has 5 heteroatoms. The monoisotopic (exact) mass is 224 g/mol. The third kappa shape index (κ3) is 4.82. The van der Waals surface area contributed by atoms with E-state index >= 15 is 0 Å². The lowest BCUT2D eigenvalue weighted by molar-refractivity contribution is -0.121. The molecular weight excluding hydrogens is 204 g/mol. The Kier molecular flexibility index (Phi) is 3.93. The van der Waals surface area contributed by atoms with Gasteiger partial charge in [-0.3, -0.25) is 9.48 Å². The van der Waals surface area contributed by atoms with Gasteiger partial charge in [0.15, 0.2) is 0 Å². The Hall–Kier alpha value is -1.52. The van der Waals surface area contributed by atoms with Crippen LogP contribution in [0.4, 0.5) is 5.69 Å². The molecule has 1 aromatic heterocycles. The zero-order valence-corrected chi connectivity index (χ0v) is 10.2. The van der Waals surface area contributed by atoms with E-state index in [4.69, 9.17) is 5.73 Å². The summed E-state index contributed by atoms with van der Waals surface area (Å²) in [5, 5.41) is 6.80. The van der Waals surface area contributed by atoms with Gasteiger partial charge in [-0.15, -0.1) is 0 Å². The standard InChI is InChI=1S/C11H20N4O/c1-11(2,3)4-5-13-10(16)8-15-7-9(12)6-14-15/h6-7H,4-5,8,12H2,1-3H3,(H,13,16). The maximum Gasteiger partial charge on any atom is 0.241 e. The Labute approximate surface area is 96.0 Å². The second-order valence-electron chi connectivity index (χ2n) is 5.13. The van der Waals surface area contributed by atoms with Crippen molar-refractivity contribution in [2.75, 3.05) is 12.3 Å². The minimum absolute atomic E-state index is 0.0349. The fraction of sp³-hybridized carbons (Fsp3) is 0.636. The number of hydrogen-bond acceptors (Lipinski definition) is 3. The summed E-state index contributed by atoms with van der Waals surface area (Å²) in [6.07, 6.45) is 4.13. The smallest absolute Gasteiger partial charge is 0.241 e. The zero-order valence-electron chi connectivity index (χ0n) is 10.2. The SMILES string of the molecule is CC(C)(C)CCNC(=O)Cn1cc(N)cn1. The molecule has 0 aliphatic rings. The molecule has 1 aromatic rings. The van der Waals surface area contributed by atoms with E-state index < -0.39 is 0 Å². The molecule has 1 heterocycles. The highest BCUT2D eigenvalue weighted by molar-refractivity contribution is 5.75. The highest BCUT2D eigenvalue weighted by atomic mass is 16.2. The Morgan fingerprint density at radius 2 is 2.25 bits per heavy atom. The zero-order chi connectivity index (χ0) is 12.2. The molecule has 1 amide bonds. The molecule has 0 saturated heterocycles. The van der Waals surface area contributed by atoms with E-state index in [-0.39, 0.29) is 17.9 Å². The molecule has 3 N–H and O–H groups in total. The van der Waals surface area contributed by atoms with E-state index in [9.17, 15) is 4.79 Å². The van der Waals surface area contributed by atoms with Gasteiger partial charge in [0, 0.05) is 12.7 Å². The first kappa shape index (κ1) is 12.5. The van der Waals surface area contributed by atoms with Gasteiger partial charge in [0.1, 0.15) is 6.54 Å². The van der Waals surface area contributed by atoms with Crippen LogP contribution >= 0.6 is 0 Å². The van der Waals surface area contributed by atoms with Gasteiger partial charge in [0.2, 0.25) is 5.91 Å². The van der Waals surface area contributed by atoms with Crippen LogP contribution in [0.1, 0.15) is 27.2 Å². The van der Waals surface area contributed by atoms with Crippen LogP contribution in [0.3, 0.4) is 0 Å². The number of carbonyl (C=O) groups excluding carboxylic acids is 1. The lowest BCUT2D eigenvalue weighted by atomic mass is 9.92. The maximum absolute atomic E-state index is 11.5. The fourth-order valence-corrected chi connectivity index (χ4v) is 1.25. The molecule has 1 rings (SSSR count). The average Bonchev–Trinajstić information content (AvgIpc) is 2.48. The first-order valence-corrected chi connectivity index (χ1v) is 5.41. The average molecular weight is 224 g/mol. The fourth-order valence-electron chi connectivity index (χ4n) is 1.25. The molecule has 90 valence electrons. The van der Waals surface area contributed by atoms with Crippen molar-refractivity contribution in [3.8, 4) is 0 Å². The van der Waals surface area contributed by atoms with Gasteiger partial charge >= 0.3 is 0 Å². The second-order valence-corrected chi connectivity index (χ2v) is 5.13.